The van der Waals surface area contributed by atoms with Gasteiger partial charge in [0.15, 0.2) is 5.82 Å². The van der Waals surface area contributed by atoms with Crippen molar-refractivity contribution in [3.8, 4) is 0 Å². The molecule has 0 spiro atoms. The van der Waals surface area contributed by atoms with Gasteiger partial charge in [0.1, 0.15) is 5.82 Å². The maximum Gasteiger partial charge on any atom is 0.220 e. The van der Waals surface area contributed by atoms with Crippen LogP contribution in [0.15, 0.2) is 24.3 Å². The van der Waals surface area contributed by atoms with Crippen LogP contribution >= 0.6 is 11.6 Å². The number of carbonyl (C=O) groups excluding carboxylic acids is 1. The minimum absolute atomic E-state index is 0.0730. The number of hydrogen-bond donors (Lipinski definition) is 0. The van der Waals surface area contributed by atoms with E-state index in [2.05, 4.69) is 25.7 Å². The number of rotatable bonds is 3. The van der Waals surface area contributed by atoms with Gasteiger partial charge in [-0.25, -0.2) is 0 Å². The summed E-state index contributed by atoms with van der Waals surface area (Å²) in [6.45, 7) is 6.02. The summed E-state index contributed by atoms with van der Waals surface area (Å²) in [6.07, 6.45) is 2.87. The van der Waals surface area contributed by atoms with Crippen molar-refractivity contribution >= 4 is 17.5 Å². The van der Waals surface area contributed by atoms with Crippen molar-refractivity contribution in [2.24, 2.45) is 0 Å². The predicted octanol–water partition coefficient (Wildman–Crippen LogP) is 2.67. The predicted molar refractivity (Wildman–Crippen MR) is 99.8 cm³/mol. The maximum absolute atomic E-state index is 11.9. The fourth-order valence-corrected chi connectivity index (χ4v) is 4.27. The number of benzene rings is 1. The van der Waals surface area contributed by atoms with E-state index in [4.69, 9.17) is 11.6 Å². The van der Waals surface area contributed by atoms with Crippen LogP contribution in [0, 0.1) is 0 Å². The topological polar surface area (TPSA) is 54.3 Å². The molecule has 138 valence electrons. The van der Waals surface area contributed by atoms with Gasteiger partial charge < -0.3 is 9.47 Å². The van der Waals surface area contributed by atoms with E-state index in [9.17, 15) is 4.79 Å². The highest BCUT2D eigenvalue weighted by molar-refractivity contribution is 6.31. The van der Waals surface area contributed by atoms with Crippen molar-refractivity contribution in [3.05, 3.63) is 46.5 Å². The molecule has 2 aromatic rings. The lowest BCUT2D eigenvalue weighted by molar-refractivity contribution is -0.129. The lowest BCUT2D eigenvalue weighted by atomic mass is 10.2. The average molecular weight is 374 g/mol. The maximum atomic E-state index is 11.9. The third kappa shape index (κ3) is 3.35. The fourth-order valence-electron chi connectivity index (χ4n) is 4.07. The summed E-state index contributed by atoms with van der Waals surface area (Å²) in [5.74, 6) is 2.10. The van der Waals surface area contributed by atoms with Crippen molar-refractivity contribution < 1.29 is 4.79 Å². The molecule has 1 unspecified atom stereocenters. The third-order valence-electron chi connectivity index (χ3n) is 5.45. The normalized spacial score (nSPS) is 20.8. The first-order valence-electron chi connectivity index (χ1n) is 9.28. The Morgan fingerprint density at radius 1 is 1.19 bits per heavy atom. The second kappa shape index (κ2) is 7.37. The van der Waals surface area contributed by atoms with E-state index in [1.165, 1.54) is 0 Å². The molecule has 2 aliphatic rings. The quantitative estimate of drug-likeness (QED) is 0.830. The van der Waals surface area contributed by atoms with Gasteiger partial charge in [0.2, 0.25) is 5.91 Å². The van der Waals surface area contributed by atoms with Crippen molar-refractivity contribution in [1.82, 2.24) is 24.6 Å². The van der Waals surface area contributed by atoms with E-state index in [1.54, 1.807) is 6.92 Å². The summed E-state index contributed by atoms with van der Waals surface area (Å²) >= 11 is 6.32. The molecule has 0 radical (unpaired) electrons. The van der Waals surface area contributed by atoms with E-state index < -0.39 is 0 Å². The van der Waals surface area contributed by atoms with Gasteiger partial charge in [0.05, 0.1) is 6.04 Å². The largest absolute Gasteiger partial charge is 0.333 e. The van der Waals surface area contributed by atoms with Crippen molar-refractivity contribution in [2.75, 3.05) is 19.6 Å². The number of fused-ring (bicyclic) bond motifs is 1. The average Bonchev–Trinajstić information content (AvgIpc) is 3.21. The van der Waals surface area contributed by atoms with Crippen molar-refractivity contribution in [3.63, 3.8) is 0 Å². The molecule has 6 nitrogen and oxygen atoms in total. The van der Waals surface area contributed by atoms with Crippen LogP contribution in [0.1, 0.15) is 43.0 Å². The summed E-state index contributed by atoms with van der Waals surface area (Å²) in [7, 11) is 0. The molecule has 1 aromatic carbocycles. The molecule has 1 atom stereocenters. The van der Waals surface area contributed by atoms with Crippen LogP contribution in [-0.4, -0.2) is 50.1 Å². The summed E-state index contributed by atoms with van der Waals surface area (Å²) < 4.78 is 2.23. The van der Waals surface area contributed by atoms with E-state index in [0.29, 0.717) is 0 Å². The molecule has 1 saturated heterocycles. The number of nitrogens with zero attached hydrogens (tertiary/aromatic N) is 5. The van der Waals surface area contributed by atoms with Crippen LogP contribution in [0.2, 0.25) is 5.02 Å². The van der Waals surface area contributed by atoms with Gasteiger partial charge >= 0.3 is 0 Å². The summed E-state index contributed by atoms with van der Waals surface area (Å²) in [6, 6.07) is 8.09. The number of amides is 1. The van der Waals surface area contributed by atoms with Crippen LogP contribution in [0.25, 0.3) is 0 Å². The summed E-state index contributed by atoms with van der Waals surface area (Å²) in [4.78, 5) is 16.3. The molecule has 2 aliphatic heterocycles. The molecule has 4 rings (SSSR count). The van der Waals surface area contributed by atoms with Crippen LogP contribution in [-0.2, 0) is 24.3 Å². The van der Waals surface area contributed by atoms with Crippen LogP contribution in [0.4, 0.5) is 0 Å². The number of halogens is 1. The molecule has 0 bridgehead atoms. The van der Waals surface area contributed by atoms with E-state index in [0.717, 1.165) is 74.2 Å². The zero-order valence-electron chi connectivity index (χ0n) is 15.1. The van der Waals surface area contributed by atoms with Gasteiger partial charge in [0.25, 0.3) is 0 Å². The molecule has 3 heterocycles. The summed E-state index contributed by atoms with van der Waals surface area (Å²) in [5, 5.41) is 9.71. The molecule has 7 heteroatoms. The SMILES string of the molecule is CC(=O)N1CCCC1c1nnc2n1CCN(Cc1ccccc1Cl)CC2. The smallest absolute Gasteiger partial charge is 0.220 e. The minimum atomic E-state index is 0.0730. The highest BCUT2D eigenvalue weighted by Crippen LogP contribution is 2.31. The Labute approximate surface area is 158 Å². The fraction of sp³-hybridized carbons (Fsp3) is 0.526. The molecule has 0 saturated carbocycles. The highest BCUT2D eigenvalue weighted by atomic mass is 35.5. The molecular formula is C19H24ClN5O. The first kappa shape index (κ1) is 17.5. The lowest BCUT2D eigenvalue weighted by Gasteiger charge is -2.24. The third-order valence-corrected chi connectivity index (χ3v) is 5.82. The minimum Gasteiger partial charge on any atom is -0.333 e. The van der Waals surface area contributed by atoms with Crippen molar-refractivity contribution in [1.29, 1.82) is 0 Å². The van der Waals surface area contributed by atoms with Gasteiger partial charge in [-0.15, -0.1) is 10.2 Å². The number of likely N-dealkylation sites (tertiary alicyclic amines) is 1. The number of hydrogen-bond acceptors (Lipinski definition) is 4. The standard InChI is InChI=1S/C19H24ClN5O/c1-14(26)24-9-4-7-17(24)19-22-21-18-8-10-23(11-12-25(18)19)13-15-5-2-3-6-16(15)20/h2-3,5-6,17H,4,7-13H2,1H3. The summed E-state index contributed by atoms with van der Waals surface area (Å²) in [5.41, 5.74) is 1.16. The Kier molecular flexibility index (Phi) is 4.96. The van der Waals surface area contributed by atoms with Crippen molar-refractivity contribution in [2.45, 2.75) is 45.3 Å². The van der Waals surface area contributed by atoms with Crippen LogP contribution in [0.5, 0.6) is 0 Å². The van der Waals surface area contributed by atoms with Gasteiger partial charge in [-0.2, -0.15) is 0 Å². The Morgan fingerprint density at radius 3 is 2.85 bits per heavy atom. The zero-order valence-corrected chi connectivity index (χ0v) is 15.8. The first-order chi connectivity index (χ1) is 12.6. The van der Waals surface area contributed by atoms with Crippen LogP contribution in [0.3, 0.4) is 0 Å². The second-order valence-electron chi connectivity index (χ2n) is 7.11. The second-order valence-corrected chi connectivity index (χ2v) is 7.52. The van der Waals surface area contributed by atoms with Gasteiger partial charge in [-0.3, -0.25) is 9.69 Å². The Hall–Kier alpha value is -1.92. The first-order valence-corrected chi connectivity index (χ1v) is 9.66. The molecular weight excluding hydrogens is 350 g/mol. The van der Waals surface area contributed by atoms with E-state index >= 15 is 0 Å². The Balaban J connectivity index is 1.50. The van der Waals surface area contributed by atoms with E-state index in [-0.39, 0.29) is 11.9 Å². The zero-order chi connectivity index (χ0) is 18.1. The van der Waals surface area contributed by atoms with Crippen LogP contribution < -0.4 is 0 Å². The Morgan fingerprint density at radius 2 is 2.04 bits per heavy atom. The van der Waals surface area contributed by atoms with Gasteiger partial charge in [0, 0.05) is 51.1 Å². The molecule has 1 aromatic heterocycles. The Bertz CT molecular complexity index is 805. The number of aromatic nitrogens is 3. The monoisotopic (exact) mass is 373 g/mol. The molecule has 26 heavy (non-hydrogen) atoms. The molecule has 0 N–H and O–H groups in total. The van der Waals surface area contributed by atoms with Gasteiger partial charge in [-0.1, -0.05) is 29.8 Å². The van der Waals surface area contributed by atoms with Gasteiger partial charge in [-0.05, 0) is 24.5 Å². The highest BCUT2D eigenvalue weighted by Gasteiger charge is 2.33. The van der Waals surface area contributed by atoms with E-state index in [1.807, 2.05) is 23.1 Å². The molecule has 1 fully saturated rings. The molecule has 0 aliphatic carbocycles. The lowest BCUT2D eigenvalue weighted by Crippen LogP contribution is -2.31. The number of carbonyl (C=O) groups is 1. The molecule has 1 amide bonds.